The van der Waals surface area contributed by atoms with Gasteiger partial charge in [0.2, 0.25) is 15.6 Å². The minimum atomic E-state index is -4.87. The number of nitrogens with one attached hydrogen (secondary N) is 1. The molecular formula is C36H42F6N4O7S2. The van der Waals surface area contributed by atoms with Gasteiger partial charge in [0.25, 0.3) is 5.91 Å². The van der Waals surface area contributed by atoms with Crippen LogP contribution in [0, 0.1) is 0 Å². The number of aromatic nitrogens is 1. The van der Waals surface area contributed by atoms with Gasteiger partial charge >= 0.3 is 18.3 Å². The Morgan fingerprint density at radius 2 is 1.78 bits per heavy atom. The van der Waals surface area contributed by atoms with Crippen molar-refractivity contribution >= 4 is 33.2 Å². The van der Waals surface area contributed by atoms with Crippen molar-refractivity contribution in [2.45, 2.75) is 99.3 Å². The molecule has 5 rings (SSSR count). The molecule has 3 atom stereocenters. The van der Waals surface area contributed by atoms with Crippen LogP contribution in [0.5, 0.6) is 5.75 Å². The van der Waals surface area contributed by atoms with E-state index in [4.69, 9.17) is 9.84 Å². The van der Waals surface area contributed by atoms with Gasteiger partial charge in [0.15, 0.2) is 6.23 Å². The summed E-state index contributed by atoms with van der Waals surface area (Å²) >= 11 is 0.370. The Bertz CT molecular complexity index is 1920. The first-order valence-corrected chi connectivity index (χ1v) is 20.2. The lowest BCUT2D eigenvalue weighted by Gasteiger charge is -2.51. The van der Waals surface area contributed by atoms with Crippen LogP contribution in [0.1, 0.15) is 92.1 Å². The summed E-state index contributed by atoms with van der Waals surface area (Å²) in [5.41, 5.74) is -3.29. The number of pyridine rings is 1. The van der Waals surface area contributed by atoms with Crippen molar-refractivity contribution in [1.29, 1.82) is 0 Å². The van der Waals surface area contributed by atoms with E-state index >= 15 is 0 Å². The number of thiophene rings is 1. The number of rotatable bonds is 14. The van der Waals surface area contributed by atoms with E-state index in [-0.39, 0.29) is 87.7 Å². The zero-order valence-corrected chi connectivity index (χ0v) is 31.4. The van der Waals surface area contributed by atoms with Gasteiger partial charge in [-0.2, -0.15) is 26.3 Å². The third kappa shape index (κ3) is 9.61. The predicted molar refractivity (Wildman–Crippen MR) is 189 cm³/mol. The highest BCUT2D eigenvalue weighted by Gasteiger charge is 2.56. The highest BCUT2D eigenvalue weighted by molar-refractivity contribution is 7.89. The zero-order chi connectivity index (χ0) is 40.2. The monoisotopic (exact) mass is 820 g/mol. The molecule has 302 valence electrons. The quantitative estimate of drug-likeness (QED) is 0.118. The molecule has 2 fully saturated rings. The minimum Gasteiger partial charge on any atom is -0.481 e. The van der Waals surface area contributed by atoms with E-state index in [2.05, 4.69) is 9.71 Å². The maximum Gasteiger partial charge on any atom is 0.425 e. The third-order valence-corrected chi connectivity index (χ3v) is 12.5. The molecule has 2 aliphatic rings. The van der Waals surface area contributed by atoms with Crippen LogP contribution in [-0.4, -0.2) is 83.1 Å². The standard InChI is InChI=1S/C36H42F6N4O7S2/c1-2-8-28-34(53-24-21-29(54-22-24)36(40,41)42,15-7-18-46(28)32(49)31-26(35(37,38)39)10-5-16-43-31)33(50)45-19-13-23(14-20-45)25-9-3-4-11-27(25)55(51,52)44-17-6-12-30(47)48/h3-5,9-11,16,21-23,28,32,44,49H,2,6-8,12-15,17-20H2,1H3,(H,47,48). The Morgan fingerprint density at radius 3 is 2.42 bits per heavy atom. The summed E-state index contributed by atoms with van der Waals surface area (Å²) in [5.74, 6) is -2.25. The highest BCUT2D eigenvalue weighted by atomic mass is 32.2. The number of benzene rings is 1. The number of carboxylic acids is 1. The number of aliphatic hydroxyl groups excluding tert-OH is 1. The summed E-state index contributed by atoms with van der Waals surface area (Å²) in [6.07, 6.45) is -9.35. The molecule has 0 radical (unpaired) electrons. The molecule has 3 aromatic rings. The van der Waals surface area contributed by atoms with E-state index in [9.17, 15) is 49.5 Å². The number of carbonyl (C=O) groups excluding carboxylic acids is 1. The SMILES string of the molecule is CCCC1N(C(O)c2ncccc2C(F)(F)F)CCCC1(Oc1csc(C(F)(F)F)c1)C(=O)N1CCC(c2ccccc2S(=O)(=O)NCCCC(=O)O)CC1. The van der Waals surface area contributed by atoms with E-state index in [1.165, 1.54) is 15.9 Å². The van der Waals surface area contributed by atoms with Gasteiger partial charge in [-0.25, -0.2) is 13.1 Å². The van der Waals surface area contributed by atoms with Crippen LogP contribution >= 0.6 is 11.3 Å². The van der Waals surface area contributed by atoms with Gasteiger partial charge < -0.3 is 19.8 Å². The van der Waals surface area contributed by atoms with Crippen molar-refractivity contribution in [1.82, 2.24) is 19.5 Å². The lowest BCUT2D eigenvalue weighted by atomic mass is 9.79. The van der Waals surface area contributed by atoms with Crippen molar-refractivity contribution in [3.05, 3.63) is 75.7 Å². The first-order valence-electron chi connectivity index (χ1n) is 17.8. The molecule has 0 aliphatic carbocycles. The Morgan fingerprint density at radius 1 is 1.07 bits per heavy atom. The summed E-state index contributed by atoms with van der Waals surface area (Å²) in [7, 11) is -4.03. The van der Waals surface area contributed by atoms with E-state index < -0.39 is 68.3 Å². The first-order chi connectivity index (χ1) is 25.9. The molecule has 2 saturated heterocycles. The van der Waals surface area contributed by atoms with E-state index in [0.717, 1.165) is 29.8 Å². The molecule has 4 heterocycles. The fraction of sp³-hybridized carbons (Fsp3) is 0.528. The Labute approximate surface area is 318 Å². The van der Waals surface area contributed by atoms with Crippen molar-refractivity contribution in [2.75, 3.05) is 26.2 Å². The summed E-state index contributed by atoms with van der Waals surface area (Å²) < 4.78 is 119. The number of nitrogens with zero attached hydrogens (tertiary/aromatic N) is 3. The van der Waals surface area contributed by atoms with Crippen LogP contribution in [-0.2, 0) is 32.0 Å². The van der Waals surface area contributed by atoms with Gasteiger partial charge in [-0.1, -0.05) is 31.5 Å². The van der Waals surface area contributed by atoms with Crippen LogP contribution in [0.2, 0.25) is 0 Å². The molecule has 19 heteroatoms. The zero-order valence-electron chi connectivity index (χ0n) is 29.8. The normalized spacial score (nSPS) is 21.0. The predicted octanol–water partition coefficient (Wildman–Crippen LogP) is 6.80. The molecule has 3 N–H and O–H groups in total. The second-order valence-electron chi connectivity index (χ2n) is 13.6. The van der Waals surface area contributed by atoms with Crippen molar-refractivity contribution < 1.29 is 59.3 Å². The van der Waals surface area contributed by atoms with Gasteiger partial charge in [-0.15, -0.1) is 11.3 Å². The number of hydrogen-bond acceptors (Lipinski definition) is 9. The number of aliphatic hydroxyl groups is 1. The molecule has 55 heavy (non-hydrogen) atoms. The number of carbonyl (C=O) groups is 2. The van der Waals surface area contributed by atoms with Crippen LogP contribution < -0.4 is 9.46 Å². The second-order valence-corrected chi connectivity index (χ2v) is 16.2. The largest absolute Gasteiger partial charge is 0.481 e. The van der Waals surface area contributed by atoms with Crippen LogP contribution in [0.3, 0.4) is 0 Å². The van der Waals surface area contributed by atoms with Crippen LogP contribution in [0.4, 0.5) is 26.3 Å². The number of alkyl halides is 6. The molecule has 0 spiro atoms. The molecule has 11 nitrogen and oxygen atoms in total. The smallest absolute Gasteiger partial charge is 0.425 e. The molecule has 1 aromatic carbocycles. The van der Waals surface area contributed by atoms with Crippen molar-refractivity contribution in [3.63, 3.8) is 0 Å². The number of halogens is 6. The molecule has 0 saturated carbocycles. The minimum absolute atomic E-state index is 0.0141. The lowest BCUT2D eigenvalue weighted by molar-refractivity contribution is -0.175. The summed E-state index contributed by atoms with van der Waals surface area (Å²) in [6, 6.07) is 7.89. The number of carboxylic acid groups (broad SMARTS) is 1. The van der Waals surface area contributed by atoms with Gasteiger partial charge in [-0.05, 0) is 68.2 Å². The molecular weight excluding hydrogens is 779 g/mol. The number of piperidine rings is 2. The van der Waals surface area contributed by atoms with E-state index in [1.807, 2.05) is 0 Å². The number of aliphatic carboxylic acids is 1. The van der Waals surface area contributed by atoms with E-state index in [0.29, 0.717) is 23.3 Å². The average Bonchev–Trinajstić information content (AvgIpc) is 3.62. The Hall–Kier alpha value is -3.78. The third-order valence-electron chi connectivity index (χ3n) is 9.97. The Kier molecular flexibility index (Phi) is 13.2. The van der Waals surface area contributed by atoms with Crippen molar-refractivity contribution in [3.8, 4) is 5.75 Å². The molecule has 3 unspecified atom stereocenters. The van der Waals surface area contributed by atoms with Gasteiger partial charge in [0.05, 0.1) is 22.2 Å². The summed E-state index contributed by atoms with van der Waals surface area (Å²) in [5, 5.41) is 21.6. The Balaban J connectivity index is 1.46. The lowest BCUT2D eigenvalue weighted by Crippen LogP contribution is -2.68. The summed E-state index contributed by atoms with van der Waals surface area (Å²) in [6.45, 7) is 1.89. The molecule has 1 amide bonds. The van der Waals surface area contributed by atoms with E-state index in [1.54, 1.807) is 25.1 Å². The molecule has 2 aromatic heterocycles. The fourth-order valence-electron chi connectivity index (χ4n) is 7.49. The van der Waals surface area contributed by atoms with Crippen LogP contribution in [0.25, 0.3) is 0 Å². The maximum absolute atomic E-state index is 14.9. The number of likely N-dealkylation sites (tertiary alicyclic amines) is 2. The average molecular weight is 821 g/mol. The number of ether oxygens (including phenoxy) is 1. The topological polar surface area (TPSA) is 149 Å². The van der Waals surface area contributed by atoms with Gasteiger partial charge in [0, 0.05) is 50.2 Å². The molecule has 2 aliphatic heterocycles. The fourth-order valence-corrected chi connectivity index (χ4v) is 9.54. The first kappa shape index (κ1) is 42.4. The number of amides is 1. The van der Waals surface area contributed by atoms with Gasteiger partial charge in [0.1, 0.15) is 10.6 Å². The van der Waals surface area contributed by atoms with Crippen LogP contribution in [0.15, 0.2) is 58.9 Å². The number of hydrogen-bond donors (Lipinski definition) is 3. The van der Waals surface area contributed by atoms with Gasteiger partial charge in [-0.3, -0.25) is 19.5 Å². The molecule has 0 bridgehead atoms. The summed E-state index contributed by atoms with van der Waals surface area (Å²) in [4.78, 5) is 31.5. The highest BCUT2D eigenvalue weighted by Crippen LogP contribution is 2.45. The maximum atomic E-state index is 14.9. The van der Waals surface area contributed by atoms with Crippen molar-refractivity contribution in [2.24, 2.45) is 0 Å². The number of sulfonamides is 1. The second kappa shape index (κ2) is 17.2.